The van der Waals surface area contributed by atoms with Crippen LogP contribution in [0.4, 0.5) is 0 Å². The van der Waals surface area contributed by atoms with Crippen molar-refractivity contribution >= 4 is 17.1 Å². The summed E-state index contributed by atoms with van der Waals surface area (Å²) in [7, 11) is 0. The Labute approximate surface area is 161 Å². The lowest BCUT2D eigenvalue weighted by Gasteiger charge is -2.31. The van der Waals surface area contributed by atoms with Gasteiger partial charge in [0.1, 0.15) is 0 Å². The van der Waals surface area contributed by atoms with E-state index in [9.17, 15) is 4.79 Å². The third-order valence-corrected chi connectivity index (χ3v) is 5.85. The fourth-order valence-electron chi connectivity index (χ4n) is 4.49. The Balaban J connectivity index is 1.54. The molecule has 0 unspecified atom stereocenters. The van der Waals surface area contributed by atoms with Gasteiger partial charge in [-0.2, -0.15) is 0 Å². The molecule has 2 aromatic carbocycles. The van der Waals surface area contributed by atoms with E-state index in [1.54, 1.807) is 0 Å². The molecule has 0 saturated carbocycles. The van der Waals surface area contributed by atoms with Crippen molar-refractivity contribution in [3.63, 3.8) is 0 Å². The molecule has 0 bridgehead atoms. The van der Waals surface area contributed by atoms with Gasteiger partial charge < -0.3 is 5.11 Å². The highest BCUT2D eigenvalue weighted by atomic mass is 16.4. The molecule has 2 aromatic rings. The first-order valence-corrected chi connectivity index (χ1v) is 10.0. The Hall–Kier alpha value is -2.39. The van der Waals surface area contributed by atoms with Crippen molar-refractivity contribution in [2.45, 2.75) is 38.5 Å². The van der Waals surface area contributed by atoms with Crippen LogP contribution in [0.2, 0.25) is 0 Å². The van der Waals surface area contributed by atoms with E-state index >= 15 is 0 Å². The highest BCUT2D eigenvalue weighted by Gasteiger charge is 2.26. The number of aliphatic carboxylic acids is 1. The molecule has 0 amide bonds. The maximum Gasteiger partial charge on any atom is 0.303 e. The number of fused-ring (bicyclic) bond motifs is 4. The summed E-state index contributed by atoms with van der Waals surface area (Å²) in [5.41, 5.74) is 8.74. The molecular weight excluding hydrogens is 334 g/mol. The number of hydrogen-bond acceptors (Lipinski definition) is 2. The topological polar surface area (TPSA) is 40.5 Å². The first kappa shape index (κ1) is 18.0. The van der Waals surface area contributed by atoms with Gasteiger partial charge in [-0.05, 0) is 65.6 Å². The van der Waals surface area contributed by atoms with Crippen molar-refractivity contribution < 1.29 is 9.90 Å². The molecule has 0 saturated heterocycles. The molecule has 3 heteroatoms. The van der Waals surface area contributed by atoms with Crippen LogP contribution in [0, 0.1) is 0 Å². The van der Waals surface area contributed by atoms with E-state index in [-0.39, 0.29) is 0 Å². The summed E-state index contributed by atoms with van der Waals surface area (Å²) >= 11 is 0. The number of carboxylic acid groups (broad SMARTS) is 1. The molecule has 3 nitrogen and oxygen atoms in total. The van der Waals surface area contributed by atoms with Crippen molar-refractivity contribution in [3.05, 3.63) is 70.8 Å². The van der Waals surface area contributed by atoms with Crippen LogP contribution in [0.25, 0.3) is 11.1 Å². The third-order valence-electron chi connectivity index (χ3n) is 5.85. The van der Waals surface area contributed by atoms with Gasteiger partial charge in [-0.15, -0.1) is 0 Å². The summed E-state index contributed by atoms with van der Waals surface area (Å²) in [6.07, 6.45) is 5.25. The van der Waals surface area contributed by atoms with Gasteiger partial charge in [-0.25, -0.2) is 0 Å². The minimum Gasteiger partial charge on any atom is -0.481 e. The molecule has 4 rings (SSSR count). The Bertz CT molecular complexity index is 868. The van der Waals surface area contributed by atoms with Crippen LogP contribution in [0.5, 0.6) is 0 Å². The quantitative estimate of drug-likeness (QED) is 0.748. The van der Waals surface area contributed by atoms with Gasteiger partial charge in [-0.1, -0.05) is 55.0 Å². The maximum atomic E-state index is 10.7. The molecule has 0 atom stereocenters. The Morgan fingerprint density at radius 1 is 0.889 bits per heavy atom. The van der Waals surface area contributed by atoms with Crippen LogP contribution in [0.15, 0.2) is 48.5 Å². The summed E-state index contributed by atoms with van der Waals surface area (Å²) in [5.74, 6) is -0.684. The Kier molecular flexibility index (Phi) is 5.40. The van der Waals surface area contributed by atoms with E-state index in [0.29, 0.717) is 6.42 Å². The van der Waals surface area contributed by atoms with E-state index in [0.717, 1.165) is 51.7 Å². The minimum absolute atomic E-state index is 0.291. The summed E-state index contributed by atoms with van der Waals surface area (Å²) in [6, 6.07) is 17.7. The molecule has 1 heterocycles. The van der Waals surface area contributed by atoms with Gasteiger partial charge in [0, 0.05) is 19.5 Å². The van der Waals surface area contributed by atoms with Gasteiger partial charge in [0.25, 0.3) is 0 Å². The summed E-state index contributed by atoms with van der Waals surface area (Å²) < 4.78 is 0. The van der Waals surface area contributed by atoms with Crippen LogP contribution < -0.4 is 0 Å². The van der Waals surface area contributed by atoms with Crippen molar-refractivity contribution in [2.24, 2.45) is 0 Å². The summed E-state index contributed by atoms with van der Waals surface area (Å²) in [5, 5.41) is 8.77. The molecule has 0 fully saturated rings. The third kappa shape index (κ3) is 3.98. The molecule has 0 aromatic heterocycles. The van der Waals surface area contributed by atoms with E-state index in [1.807, 2.05) is 0 Å². The van der Waals surface area contributed by atoms with E-state index in [1.165, 1.54) is 33.4 Å². The molecule has 0 spiro atoms. The minimum atomic E-state index is -0.684. The summed E-state index contributed by atoms with van der Waals surface area (Å²) in [4.78, 5) is 13.2. The lowest BCUT2D eigenvalue weighted by molar-refractivity contribution is -0.137. The van der Waals surface area contributed by atoms with Gasteiger partial charge >= 0.3 is 5.97 Å². The van der Waals surface area contributed by atoms with Gasteiger partial charge in [0.15, 0.2) is 0 Å². The second-order valence-corrected chi connectivity index (χ2v) is 7.68. The van der Waals surface area contributed by atoms with E-state index in [4.69, 9.17) is 5.11 Å². The maximum absolute atomic E-state index is 10.7. The summed E-state index contributed by atoms with van der Waals surface area (Å²) in [6.45, 7) is 3.15. The lowest BCUT2D eigenvalue weighted by atomic mass is 9.89. The zero-order valence-corrected chi connectivity index (χ0v) is 15.8. The molecule has 1 N–H and O–H groups in total. The van der Waals surface area contributed by atoms with Crippen molar-refractivity contribution in [1.82, 2.24) is 4.90 Å². The Morgan fingerprint density at radius 3 is 2.26 bits per heavy atom. The average Bonchev–Trinajstić information content (AvgIpc) is 2.82. The number of rotatable bonds is 6. The van der Waals surface area contributed by atoms with E-state index in [2.05, 4.69) is 53.4 Å². The smallest absolute Gasteiger partial charge is 0.303 e. The Morgan fingerprint density at radius 2 is 1.56 bits per heavy atom. The SMILES string of the molecule is O=C(O)CCCCCN1CCC2=C(C1)c1ccccc1Cc1ccccc12. The average molecular weight is 361 g/mol. The molecule has 1 aliphatic heterocycles. The second-order valence-electron chi connectivity index (χ2n) is 7.68. The monoisotopic (exact) mass is 361 g/mol. The zero-order valence-electron chi connectivity index (χ0n) is 15.8. The predicted molar refractivity (Wildman–Crippen MR) is 110 cm³/mol. The van der Waals surface area contributed by atoms with Gasteiger partial charge in [0.05, 0.1) is 0 Å². The van der Waals surface area contributed by atoms with Crippen LogP contribution in [0.3, 0.4) is 0 Å². The van der Waals surface area contributed by atoms with Crippen molar-refractivity contribution in [1.29, 1.82) is 0 Å². The predicted octanol–water partition coefficient (Wildman–Crippen LogP) is 4.85. The number of unbranched alkanes of at least 4 members (excludes halogenated alkanes) is 2. The number of benzene rings is 2. The lowest BCUT2D eigenvalue weighted by Crippen LogP contribution is -2.32. The number of hydrogen-bond donors (Lipinski definition) is 1. The molecule has 27 heavy (non-hydrogen) atoms. The van der Waals surface area contributed by atoms with Crippen molar-refractivity contribution in [3.8, 4) is 0 Å². The highest BCUT2D eigenvalue weighted by Crippen LogP contribution is 2.40. The molecule has 140 valence electrons. The standard InChI is InChI=1S/C24H27NO2/c26-24(27)12-2-1-7-14-25-15-13-22-20-10-5-3-8-18(20)16-19-9-4-6-11-21(19)23(22)17-25/h3-6,8-11H,1-2,7,12-17H2,(H,26,27). The number of carbonyl (C=O) groups is 1. The second kappa shape index (κ2) is 8.10. The molecule has 2 aliphatic rings. The van der Waals surface area contributed by atoms with Gasteiger partial charge in [0.2, 0.25) is 0 Å². The number of carboxylic acids is 1. The van der Waals surface area contributed by atoms with Crippen molar-refractivity contribution in [2.75, 3.05) is 19.6 Å². The first-order chi connectivity index (χ1) is 13.2. The largest absolute Gasteiger partial charge is 0.481 e. The zero-order chi connectivity index (χ0) is 18.6. The fourth-order valence-corrected chi connectivity index (χ4v) is 4.49. The van der Waals surface area contributed by atoms with E-state index < -0.39 is 5.97 Å². The first-order valence-electron chi connectivity index (χ1n) is 10.0. The fraction of sp³-hybridized carbons (Fsp3) is 0.375. The molecular formula is C24H27NO2. The van der Waals surface area contributed by atoms with Gasteiger partial charge in [-0.3, -0.25) is 9.69 Å². The van der Waals surface area contributed by atoms with Crippen LogP contribution in [0.1, 0.15) is 54.4 Å². The molecule has 1 aliphatic carbocycles. The highest BCUT2D eigenvalue weighted by molar-refractivity contribution is 5.95. The van der Waals surface area contributed by atoms with Crippen LogP contribution in [-0.4, -0.2) is 35.6 Å². The number of nitrogens with zero attached hydrogens (tertiary/aromatic N) is 1. The van der Waals surface area contributed by atoms with Crippen LogP contribution >= 0.6 is 0 Å². The normalized spacial score (nSPS) is 16.3. The molecule has 0 radical (unpaired) electrons. The van der Waals surface area contributed by atoms with Crippen LogP contribution in [-0.2, 0) is 11.2 Å².